The van der Waals surface area contributed by atoms with Gasteiger partial charge in [0.25, 0.3) is 0 Å². The van der Waals surface area contributed by atoms with E-state index in [4.69, 9.17) is 5.26 Å². The van der Waals surface area contributed by atoms with Gasteiger partial charge >= 0.3 is 0 Å². The van der Waals surface area contributed by atoms with Crippen LogP contribution in [0.5, 0.6) is 0 Å². The average molecular weight is 315 g/mol. The van der Waals surface area contributed by atoms with Crippen molar-refractivity contribution >= 4 is 21.6 Å². The normalized spacial score (nSPS) is 22.3. The summed E-state index contributed by atoms with van der Waals surface area (Å²) in [5.41, 5.74) is 2.66. The predicted molar refractivity (Wildman–Crippen MR) is 75.4 cm³/mol. The number of halogens is 1. The summed E-state index contributed by atoms with van der Waals surface area (Å²) in [5, 5.41) is 8.93. The van der Waals surface area contributed by atoms with E-state index in [1.165, 1.54) is 0 Å². The van der Waals surface area contributed by atoms with Crippen molar-refractivity contribution < 1.29 is 0 Å². The molecule has 0 bridgehead atoms. The Hall–Kier alpha value is -1.93. The topological polar surface area (TPSA) is 54.0 Å². The van der Waals surface area contributed by atoms with E-state index in [9.17, 15) is 0 Å². The van der Waals surface area contributed by atoms with Gasteiger partial charge in [-0.2, -0.15) is 5.26 Å². The summed E-state index contributed by atoms with van der Waals surface area (Å²) < 4.78 is 2.81. The Morgan fingerprint density at radius 2 is 2.21 bits per heavy atom. The fourth-order valence-electron chi connectivity index (χ4n) is 2.40. The number of imidazole rings is 1. The molecule has 0 fully saturated rings. The number of hydrogen-bond acceptors (Lipinski definition) is 3. The van der Waals surface area contributed by atoms with Crippen LogP contribution >= 0.6 is 15.9 Å². The predicted octanol–water partition coefficient (Wildman–Crippen LogP) is 3.23. The lowest BCUT2D eigenvalue weighted by Crippen LogP contribution is -2.11. The van der Waals surface area contributed by atoms with Gasteiger partial charge < -0.3 is 0 Å². The maximum atomic E-state index is 8.93. The van der Waals surface area contributed by atoms with E-state index >= 15 is 0 Å². The fraction of sp³-hybridized carbons (Fsp3) is 0.214. The zero-order chi connectivity index (χ0) is 13.4. The Morgan fingerprint density at radius 3 is 2.95 bits per heavy atom. The molecule has 0 aromatic carbocycles. The number of aromatic nitrogens is 3. The minimum Gasteiger partial charge on any atom is -0.299 e. The van der Waals surface area contributed by atoms with Gasteiger partial charge in [0.1, 0.15) is 4.60 Å². The summed E-state index contributed by atoms with van der Waals surface area (Å²) in [6.45, 7) is 2.11. The van der Waals surface area contributed by atoms with Crippen LogP contribution in [-0.2, 0) is 0 Å². The molecule has 0 spiro atoms. The highest BCUT2D eigenvalue weighted by atomic mass is 79.9. The maximum absolute atomic E-state index is 8.93. The molecule has 2 aromatic rings. The summed E-state index contributed by atoms with van der Waals surface area (Å²) >= 11 is 3.38. The molecule has 4 nitrogen and oxygen atoms in total. The molecule has 3 rings (SSSR count). The van der Waals surface area contributed by atoms with Crippen LogP contribution in [-0.4, -0.2) is 14.4 Å². The second-order valence-corrected chi connectivity index (χ2v) is 5.41. The van der Waals surface area contributed by atoms with Crippen molar-refractivity contribution in [3.8, 4) is 6.07 Å². The molecule has 0 N–H and O–H groups in total. The molecule has 0 aliphatic heterocycles. The number of hydrogen-bond donors (Lipinski definition) is 0. The van der Waals surface area contributed by atoms with Gasteiger partial charge in [0.05, 0.1) is 18.0 Å². The Morgan fingerprint density at radius 1 is 1.37 bits per heavy atom. The Balaban J connectivity index is 2.07. The first kappa shape index (κ1) is 12.1. The molecule has 5 heteroatoms. The average Bonchev–Trinajstić information content (AvgIpc) is 2.81. The summed E-state index contributed by atoms with van der Waals surface area (Å²) in [7, 11) is 0. The Bertz CT molecular complexity index is 735. The van der Waals surface area contributed by atoms with Gasteiger partial charge in [0, 0.05) is 23.9 Å². The number of nitrogens with zero attached hydrogens (tertiary/aromatic N) is 4. The maximum Gasteiger partial charge on any atom is 0.155 e. The lowest BCUT2D eigenvalue weighted by atomic mass is 9.85. The standard InChI is InChI=1S/C14H11BrN4/c1-9-4-10(5-16)2-3-11(9)12-6-18-14-7-17-13(15)8-19(12)14/h2-4,6-9,11H,1H3/t9-,11?/m0/s1. The molecule has 94 valence electrons. The van der Waals surface area contributed by atoms with Crippen LogP contribution in [0.4, 0.5) is 0 Å². The quantitative estimate of drug-likeness (QED) is 0.812. The molecular formula is C14H11BrN4. The van der Waals surface area contributed by atoms with Crippen molar-refractivity contribution in [2.24, 2.45) is 5.92 Å². The molecule has 2 heterocycles. The summed E-state index contributed by atoms with van der Waals surface area (Å²) in [6, 6.07) is 2.18. The molecule has 2 atom stereocenters. The van der Waals surface area contributed by atoms with Gasteiger partial charge in [-0.3, -0.25) is 4.40 Å². The second-order valence-electron chi connectivity index (χ2n) is 4.60. The largest absolute Gasteiger partial charge is 0.299 e. The third-order valence-electron chi connectivity index (χ3n) is 3.36. The lowest BCUT2D eigenvalue weighted by molar-refractivity contribution is 0.612. The number of fused-ring (bicyclic) bond motifs is 1. The zero-order valence-electron chi connectivity index (χ0n) is 10.3. The van der Waals surface area contributed by atoms with Crippen molar-refractivity contribution in [2.75, 3.05) is 0 Å². The van der Waals surface area contributed by atoms with Gasteiger partial charge in [-0.25, -0.2) is 9.97 Å². The highest BCUT2D eigenvalue weighted by molar-refractivity contribution is 9.10. The molecule has 0 saturated carbocycles. The molecule has 0 amide bonds. The van der Waals surface area contributed by atoms with E-state index in [0.717, 1.165) is 21.5 Å². The van der Waals surface area contributed by atoms with Gasteiger partial charge in [-0.05, 0) is 27.9 Å². The van der Waals surface area contributed by atoms with Crippen LogP contribution in [0.15, 0.2) is 47.0 Å². The minimum atomic E-state index is 0.224. The molecule has 19 heavy (non-hydrogen) atoms. The van der Waals surface area contributed by atoms with Gasteiger partial charge in [-0.1, -0.05) is 19.1 Å². The first-order chi connectivity index (χ1) is 9.19. The smallest absolute Gasteiger partial charge is 0.155 e. The second kappa shape index (κ2) is 4.63. The van der Waals surface area contributed by atoms with Crippen molar-refractivity contribution in [2.45, 2.75) is 12.8 Å². The molecule has 0 saturated heterocycles. The van der Waals surface area contributed by atoms with Crippen LogP contribution in [0.2, 0.25) is 0 Å². The van der Waals surface area contributed by atoms with E-state index in [0.29, 0.717) is 0 Å². The number of nitriles is 1. The third kappa shape index (κ3) is 2.08. The monoisotopic (exact) mass is 314 g/mol. The van der Waals surface area contributed by atoms with E-state index in [2.05, 4.69) is 45.0 Å². The van der Waals surface area contributed by atoms with Crippen LogP contribution < -0.4 is 0 Å². The highest BCUT2D eigenvalue weighted by Crippen LogP contribution is 2.32. The van der Waals surface area contributed by atoms with Crippen molar-refractivity contribution in [3.63, 3.8) is 0 Å². The van der Waals surface area contributed by atoms with Crippen LogP contribution in [0.3, 0.4) is 0 Å². The van der Waals surface area contributed by atoms with Gasteiger partial charge in [0.2, 0.25) is 0 Å². The molecule has 0 radical (unpaired) electrons. The number of allylic oxidation sites excluding steroid dienone is 4. The zero-order valence-corrected chi connectivity index (χ0v) is 11.9. The van der Waals surface area contributed by atoms with Crippen molar-refractivity contribution in [1.82, 2.24) is 14.4 Å². The molecule has 1 aliphatic rings. The SMILES string of the molecule is C[C@H]1C=C(C#N)C=CC1c1cnc2cnc(Br)cn12. The highest BCUT2D eigenvalue weighted by Gasteiger charge is 2.22. The van der Waals surface area contributed by atoms with Crippen molar-refractivity contribution in [3.05, 3.63) is 52.7 Å². The van der Waals surface area contributed by atoms with Gasteiger partial charge in [0.15, 0.2) is 5.65 Å². The van der Waals surface area contributed by atoms with E-state index in [-0.39, 0.29) is 11.8 Å². The first-order valence-corrected chi connectivity index (χ1v) is 6.77. The minimum absolute atomic E-state index is 0.224. The van der Waals surface area contributed by atoms with E-state index in [1.807, 2.05) is 28.9 Å². The van der Waals surface area contributed by atoms with E-state index < -0.39 is 0 Å². The molecular weight excluding hydrogens is 304 g/mol. The third-order valence-corrected chi connectivity index (χ3v) is 3.77. The summed E-state index contributed by atoms with van der Waals surface area (Å²) in [5.74, 6) is 0.493. The number of rotatable bonds is 1. The Kier molecular flexibility index (Phi) is 2.96. The molecule has 1 unspecified atom stereocenters. The van der Waals surface area contributed by atoms with Crippen molar-refractivity contribution in [1.29, 1.82) is 5.26 Å². The first-order valence-electron chi connectivity index (χ1n) is 5.97. The fourth-order valence-corrected chi connectivity index (χ4v) is 2.71. The molecule has 2 aromatic heterocycles. The Labute approximate surface area is 119 Å². The lowest BCUT2D eigenvalue weighted by Gasteiger charge is -2.21. The molecule has 1 aliphatic carbocycles. The van der Waals surface area contributed by atoms with Crippen LogP contribution in [0.1, 0.15) is 18.5 Å². The summed E-state index contributed by atoms with van der Waals surface area (Å²) in [6.07, 6.45) is 11.5. The van der Waals surface area contributed by atoms with Crippen LogP contribution in [0, 0.1) is 17.2 Å². The van der Waals surface area contributed by atoms with Crippen LogP contribution in [0.25, 0.3) is 5.65 Å². The van der Waals surface area contributed by atoms with E-state index in [1.54, 1.807) is 6.20 Å². The van der Waals surface area contributed by atoms with Gasteiger partial charge in [-0.15, -0.1) is 0 Å². The summed E-state index contributed by atoms with van der Waals surface area (Å²) in [4.78, 5) is 8.54.